The van der Waals surface area contributed by atoms with Crippen LogP contribution in [0.2, 0.25) is 0 Å². The van der Waals surface area contributed by atoms with E-state index in [0.717, 1.165) is 72.8 Å². The van der Waals surface area contributed by atoms with Gasteiger partial charge in [0.05, 0.1) is 12.1 Å². The van der Waals surface area contributed by atoms with Gasteiger partial charge >= 0.3 is 6.09 Å². The number of nitrogens with one attached hydrogen (secondary N) is 2. The molecule has 2 N–H and O–H groups in total. The molecule has 1 aliphatic heterocycles. The summed E-state index contributed by atoms with van der Waals surface area (Å²) in [6.45, 7) is 6.57. The van der Waals surface area contributed by atoms with Crippen LogP contribution >= 0.6 is 0 Å². The van der Waals surface area contributed by atoms with E-state index in [9.17, 15) is 14.4 Å². The number of hydrogen-bond acceptors (Lipinski definition) is 5. The Balaban J connectivity index is 1.14. The van der Waals surface area contributed by atoms with Crippen LogP contribution in [0.4, 0.5) is 4.79 Å². The minimum atomic E-state index is -0.768. The highest BCUT2D eigenvalue weighted by Crippen LogP contribution is 2.44. The Bertz CT molecular complexity index is 1340. The number of amides is 3. The lowest BCUT2D eigenvalue weighted by Gasteiger charge is -2.33. The van der Waals surface area contributed by atoms with Gasteiger partial charge in [-0.1, -0.05) is 93.3 Å². The summed E-state index contributed by atoms with van der Waals surface area (Å²) in [6, 6.07) is 15.4. The van der Waals surface area contributed by atoms with E-state index in [4.69, 9.17) is 9.47 Å². The van der Waals surface area contributed by atoms with Crippen molar-refractivity contribution in [3.63, 3.8) is 0 Å². The normalized spacial score (nSPS) is 21.3. The molecular weight excluding hydrogens is 554 g/mol. The fourth-order valence-electron chi connectivity index (χ4n) is 7.05. The predicted molar refractivity (Wildman–Crippen MR) is 169 cm³/mol. The van der Waals surface area contributed by atoms with E-state index in [1.807, 2.05) is 31.2 Å². The van der Waals surface area contributed by atoms with Gasteiger partial charge in [0.2, 0.25) is 5.91 Å². The summed E-state index contributed by atoms with van der Waals surface area (Å²) >= 11 is 0. The number of carbonyl (C=O) groups excluding carboxylic acids is 3. The fraction of sp³-hybridized carbons (Fsp3) is 0.528. The third kappa shape index (κ3) is 6.70. The zero-order valence-corrected chi connectivity index (χ0v) is 25.8. The second-order valence-electron chi connectivity index (χ2n) is 12.9. The molecular formula is C36H45N3O5. The van der Waals surface area contributed by atoms with Crippen LogP contribution in [0.3, 0.4) is 0 Å². The fourth-order valence-corrected chi connectivity index (χ4v) is 7.05. The maximum absolute atomic E-state index is 13.8. The highest BCUT2D eigenvalue weighted by molar-refractivity contribution is 5.89. The molecule has 8 nitrogen and oxygen atoms in total. The van der Waals surface area contributed by atoms with Gasteiger partial charge in [-0.2, -0.15) is 0 Å². The molecule has 2 saturated carbocycles. The monoisotopic (exact) mass is 599 g/mol. The van der Waals surface area contributed by atoms with Crippen LogP contribution in [0.25, 0.3) is 11.1 Å². The van der Waals surface area contributed by atoms with Crippen molar-refractivity contribution in [2.75, 3.05) is 13.2 Å². The van der Waals surface area contributed by atoms with Crippen molar-refractivity contribution < 1.29 is 23.9 Å². The lowest BCUT2D eigenvalue weighted by Crippen LogP contribution is -2.56. The van der Waals surface area contributed by atoms with Crippen LogP contribution in [-0.2, 0) is 19.1 Å². The van der Waals surface area contributed by atoms with Gasteiger partial charge in [0, 0.05) is 18.5 Å². The Hall–Kier alpha value is -3.65. The largest absolute Gasteiger partial charge is 0.448 e. The minimum absolute atomic E-state index is 0.0125. The van der Waals surface area contributed by atoms with E-state index in [0.29, 0.717) is 12.8 Å². The van der Waals surface area contributed by atoms with E-state index in [-0.39, 0.29) is 43.0 Å². The molecule has 3 aliphatic carbocycles. The summed E-state index contributed by atoms with van der Waals surface area (Å²) < 4.78 is 12.4. The van der Waals surface area contributed by atoms with Crippen molar-refractivity contribution in [1.82, 2.24) is 15.5 Å². The van der Waals surface area contributed by atoms with E-state index in [1.165, 1.54) is 11.3 Å². The van der Waals surface area contributed by atoms with Crippen LogP contribution in [0.5, 0.6) is 0 Å². The highest BCUT2D eigenvalue weighted by atomic mass is 16.6. The van der Waals surface area contributed by atoms with Gasteiger partial charge in [-0.3, -0.25) is 14.5 Å². The van der Waals surface area contributed by atoms with Crippen molar-refractivity contribution in [1.29, 1.82) is 0 Å². The van der Waals surface area contributed by atoms with Gasteiger partial charge in [0.1, 0.15) is 12.6 Å². The molecule has 2 aromatic carbocycles. The van der Waals surface area contributed by atoms with Gasteiger partial charge in [-0.15, -0.1) is 0 Å². The van der Waals surface area contributed by atoms with E-state index < -0.39 is 24.3 Å². The minimum Gasteiger partial charge on any atom is -0.448 e. The topological polar surface area (TPSA) is 97.0 Å². The van der Waals surface area contributed by atoms with Crippen LogP contribution in [0.1, 0.15) is 88.2 Å². The third-order valence-electron chi connectivity index (χ3n) is 9.49. The number of nitrogens with zero attached hydrogens (tertiary/aromatic N) is 1. The first-order valence-corrected chi connectivity index (χ1v) is 16.5. The number of benzene rings is 2. The Morgan fingerprint density at radius 3 is 2.25 bits per heavy atom. The molecule has 234 valence electrons. The molecule has 3 atom stereocenters. The van der Waals surface area contributed by atoms with Gasteiger partial charge in [0.15, 0.2) is 6.10 Å². The molecule has 1 heterocycles. The molecule has 1 saturated heterocycles. The first-order valence-electron chi connectivity index (χ1n) is 16.5. The van der Waals surface area contributed by atoms with Crippen LogP contribution in [-0.4, -0.2) is 66.3 Å². The third-order valence-corrected chi connectivity index (χ3v) is 9.49. The zero-order valence-electron chi connectivity index (χ0n) is 25.8. The van der Waals surface area contributed by atoms with Crippen LogP contribution < -0.4 is 10.6 Å². The molecule has 6 rings (SSSR count). The summed E-state index contributed by atoms with van der Waals surface area (Å²) in [6.07, 6.45) is 7.63. The van der Waals surface area contributed by atoms with Crippen molar-refractivity contribution in [3.05, 3.63) is 71.8 Å². The first kappa shape index (κ1) is 30.4. The number of ether oxygens (including phenoxy) is 2. The maximum atomic E-state index is 13.8. The Morgan fingerprint density at radius 2 is 1.61 bits per heavy atom. The maximum Gasteiger partial charge on any atom is 0.410 e. The molecule has 3 amide bonds. The van der Waals surface area contributed by atoms with Crippen LogP contribution in [0.15, 0.2) is 60.7 Å². The molecule has 0 aromatic heterocycles. The molecule has 44 heavy (non-hydrogen) atoms. The van der Waals surface area contributed by atoms with E-state index >= 15 is 0 Å². The SMILES string of the molecule is C=C1C[C@@H](C(=O)N[C@@H](CCC)C(OC2CCCCC2)C(=O)NC2CC2)N(C(=O)OCC2c3ccccc3-c3ccccc32)C1. The van der Waals surface area contributed by atoms with Gasteiger partial charge in [-0.05, 0) is 60.8 Å². The number of likely N-dealkylation sites (tertiary alicyclic amines) is 1. The summed E-state index contributed by atoms with van der Waals surface area (Å²) in [4.78, 5) is 42.3. The standard InChI is InChI=1S/C36H45N3O5/c1-3-11-31(33(35(41)37-24-18-19-24)44-25-12-5-4-6-13-25)38-34(40)32-20-23(2)21-39(32)36(42)43-22-30-28-16-9-7-14-26(28)27-15-8-10-17-29(27)30/h7-10,14-17,24-25,30-33H,2-6,11-13,18-22H2,1H3,(H,37,41)(H,38,40)/t31-,32-,33?/m0/s1. The Kier molecular flexibility index (Phi) is 9.36. The summed E-state index contributed by atoms with van der Waals surface area (Å²) in [5.74, 6) is -0.519. The zero-order chi connectivity index (χ0) is 30.6. The average Bonchev–Trinajstić information content (AvgIpc) is 3.67. The lowest BCUT2D eigenvalue weighted by molar-refractivity contribution is -0.143. The number of fused-ring (bicyclic) bond motifs is 3. The molecule has 1 unspecified atom stereocenters. The van der Waals surface area contributed by atoms with Crippen molar-refractivity contribution in [2.45, 2.75) is 107 Å². The van der Waals surface area contributed by atoms with Crippen molar-refractivity contribution in [2.24, 2.45) is 0 Å². The molecule has 0 spiro atoms. The molecule has 0 bridgehead atoms. The number of hydrogen-bond donors (Lipinski definition) is 2. The van der Waals surface area contributed by atoms with E-state index in [1.54, 1.807) is 0 Å². The average molecular weight is 600 g/mol. The smallest absolute Gasteiger partial charge is 0.410 e. The summed E-state index contributed by atoms with van der Waals surface area (Å²) in [7, 11) is 0. The number of carbonyl (C=O) groups is 3. The van der Waals surface area contributed by atoms with Crippen LogP contribution in [0, 0.1) is 0 Å². The Labute approximate surface area is 260 Å². The van der Waals surface area contributed by atoms with Crippen molar-refractivity contribution in [3.8, 4) is 11.1 Å². The second kappa shape index (κ2) is 13.6. The Morgan fingerprint density at radius 1 is 0.955 bits per heavy atom. The second-order valence-corrected chi connectivity index (χ2v) is 12.9. The van der Waals surface area contributed by atoms with Gasteiger partial charge in [-0.25, -0.2) is 4.79 Å². The first-order chi connectivity index (χ1) is 21.4. The summed E-state index contributed by atoms with van der Waals surface area (Å²) in [5.41, 5.74) is 5.39. The van der Waals surface area contributed by atoms with Gasteiger partial charge in [0.25, 0.3) is 5.91 Å². The molecule has 3 fully saturated rings. The van der Waals surface area contributed by atoms with Gasteiger partial charge < -0.3 is 20.1 Å². The lowest BCUT2D eigenvalue weighted by atomic mass is 9.96. The van der Waals surface area contributed by atoms with E-state index in [2.05, 4.69) is 41.5 Å². The quantitative estimate of drug-likeness (QED) is 0.316. The summed E-state index contributed by atoms with van der Waals surface area (Å²) in [5, 5.41) is 6.24. The molecule has 8 heteroatoms. The molecule has 2 aromatic rings. The predicted octanol–water partition coefficient (Wildman–Crippen LogP) is 5.85. The van der Waals surface area contributed by atoms with Crippen molar-refractivity contribution >= 4 is 17.9 Å². The number of rotatable bonds is 11. The highest BCUT2D eigenvalue weighted by Gasteiger charge is 2.41. The molecule has 4 aliphatic rings. The molecule has 0 radical (unpaired) electrons.